The highest BCUT2D eigenvalue weighted by Crippen LogP contribution is 2.38. The van der Waals surface area contributed by atoms with Gasteiger partial charge in [0.1, 0.15) is 18.3 Å². The van der Waals surface area contributed by atoms with Crippen LogP contribution in [0.5, 0.6) is 0 Å². The van der Waals surface area contributed by atoms with E-state index in [0.717, 1.165) is 11.1 Å². The number of methoxy groups -OCH3 is 1. The Morgan fingerprint density at radius 1 is 0.868 bits per heavy atom. The van der Waals surface area contributed by atoms with Gasteiger partial charge in [-0.1, -0.05) is 66.2 Å². The number of hydrogen-bond donors (Lipinski definition) is 0. The maximum absolute atomic E-state index is 13.4. The number of esters is 1. The van der Waals surface area contributed by atoms with Crippen molar-refractivity contribution in [3.05, 3.63) is 102 Å². The summed E-state index contributed by atoms with van der Waals surface area (Å²) in [6.07, 6.45) is -6.23. The molecule has 2 saturated heterocycles. The van der Waals surface area contributed by atoms with Crippen LogP contribution in [0.2, 0.25) is 0 Å². The Kier molecular flexibility index (Phi) is 7.89. The number of aryl methyl sites for hydroxylation is 1. The number of benzene rings is 3. The Morgan fingerprint density at radius 2 is 1.53 bits per heavy atom. The van der Waals surface area contributed by atoms with Crippen molar-refractivity contribution in [2.75, 3.05) is 13.7 Å². The Bertz CT molecular complexity index is 1330. The number of fused-ring (bicyclic) bond motifs is 1. The molecule has 9 nitrogen and oxygen atoms in total. The molecule has 2 heterocycles. The average molecular weight is 541 g/mol. The second kappa shape index (κ2) is 11.3. The van der Waals surface area contributed by atoms with E-state index in [1.807, 2.05) is 37.3 Å². The fourth-order valence-corrected chi connectivity index (χ4v) is 5.52. The zero-order valence-electron chi connectivity index (χ0n) is 20.8. The third kappa shape index (κ3) is 5.65. The molecule has 38 heavy (non-hydrogen) atoms. The SMILES string of the molecule is COC1OC2COC(c3ccccc3)OC2C(OS(=O)(=O)c2ccc(C)cc2)C1OC(=O)c1ccccc1. The predicted octanol–water partition coefficient (Wildman–Crippen LogP) is 3.78. The van der Waals surface area contributed by atoms with Crippen molar-refractivity contribution in [1.82, 2.24) is 0 Å². The molecule has 5 rings (SSSR count). The molecule has 0 bridgehead atoms. The largest absolute Gasteiger partial charge is 0.450 e. The van der Waals surface area contributed by atoms with E-state index in [2.05, 4.69) is 0 Å². The van der Waals surface area contributed by atoms with Crippen molar-refractivity contribution < 1.29 is 41.1 Å². The second-order valence-electron chi connectivity index (χ2n) is 9.02. The van der Waals surface area contributed by atoms with Gasteiger partial charge in [-0.2, -0.15) is 8.42 Å². The number of hydrogen-bond acceptors (Lipinski definition) is 9. The lowest BCUT2D eigenvalue weighted by Gasteiger charge is -2.47. The summed E-state index contributed by atoms with van der Waals surface area (Å²) in [5, 5.41) is 0. The molecule has 2 fully saturated rings. The highest BCUT2D eigenvalue weighted by atomic mass is 32.2. The molecule has 0 aromatic heterocycles. The van der Waals surface area contributed by atoms with E-state index in [-0.39, 0.29) is 17.1 Å². The van der Waals surface area contributed by atoms with Gasteiger partial charge in [-0.3, -0.25) is 4.18 Å². The topological polar surface area (TPSA) is 107 Å². The van der Waals surface area contributed by atoms with Crippen LogP contribution in [0.25, 0.3) is 0 Å². The Labute approximate surface area is 221 Å². The van der Waals surface area contributed by atoms with Gasteiger partial charge in [0.25, 0.3) is 10.1 Å². The molecule has 2 aliphatic heterocycles. The maximum Gasteiger partial charge on any atom is 0.338 e. The molecule has 6 atom stereocenters. The van der Waals surface area contributed by atoms with Crippen molar-refractivity contribution in [3.63, 3.8) is 0 Å². The molecule has 0 N–H and O–H groups in total. The molecule has 0 radical (unpaired) electrons. The summed E-state index contributed by atoms with van der Waals surface area (Å²) in [6.45, 7) is 1.93. The summed E-state index contributed by atoms with van der Waals surface area (Å²) in [6, 6.07) is 23.8. The first-order chi connectivity index (χ1) is 18.4. The normalized spacial score (nSPS) is 27.3. The lowest BCUT2D eigenvalue weighted by atomic mass is 9.97. The molecule has 3 aromatic rings. The molecular formula is C28H28O9S. The predicted molar refractivity (Wildman–Crippen MR) is 135 cm³/mol. The minimum atomic E-state index is -4.30. The van der Waals surface area contributed by atoms with E-state index in [0.29, 0.717) is 0 Å². The first-order valence-corrected chi connectivity index (χ1v) is 13.5. The summed E-state index contributed by atoms with van der Waals surface area (Å²) < 4.78 is 62.0. The van der Waals surface area contributed by atoms with Crippen molar-refractivity contribution in [1.29, 1.82) is 0 Å². The monoisotopic (exact) mass is 540 g/mol. The van der Waals surface area contributed by atoms with Gasteiger partial charge >= 0.3 is 5.97 Å². The standard InChI is InChI=1S/C28H28O9S/c1-18-13-15-21(16-14-18)38(30,31)37-24-23-22(17-33-27(36-23)20-11-7-4-8-12-20)34-28(32-2)25(24)35-26(29)19-9-5-3-6-10-19/h3-16,22-25,27-28H,17H2,1-2H3. The Balaban J connectivity index is 1.50. The van der Waals surface area contributed by atoms with Gasteiger partial charge in [-0.25, -0.2) is 4.79 Å². The highest BCUT2D eigenvalue weighted by Gasteiger charge is 2.54. The first-order valence-electron chi connectivity index (χ1n) is 12.1. The molecule has 0 spiro atoms. The number of rotatable bonds is 7. The minimum absolute atomic E-state index is 0.0417. The van der Waals surface area contributed by atoms with E-state index < -0.39 is 53.1 Å². The molecule has 0 aliphatic carbocycles. The lowest BCUT2D eigenvalue weighted by Crippen LogP contribution is -2.64. The van der Waals surface area contributed by atoms with Crippen LogP contribution in [0.4, 0.5) is 0 Å². The fraction of sp³-hybridized carbons (Fsp3) is 0.321. The average Bonchev–Trinajstić information content (AvgIpc) is 2.95. The van der Waals surface area contributed by atoms with Crippen LogP contribution in [0.1, 0.15) is 27.8 Å². The van der Waals surface area contributed by atoms with Gasteiger partial charge in [0.15, 0.2) is 18.7 Å². The summed E-state index contributed by atoms with van der Waals surface area (Å²) in [5.41, 5.74) is 1.90. The van der Waals surface area contributed by atoms with E-state index >= 15 is 0 Å². The van der Waals surface area contributed by atoms with Crippen LogP contribution in [0.15, 0.2) is 89.8 Å². The number of carbonyl (C=O) groups excluding carboxylic acids is 1. The molecular weight excluding hydrogens is 512 g/mol. The molecule has 10 heteroatoms. The van der Waals surface area contributed by atoms with Crippen molar-refractivity contribution in [2.45, 2.75) is 48.8 Å². The van der Waals surface area contributed by atoms with E-state index in [1.165, 1.54) is 19.2 Å². The van der Waals surface area contributed by atoms with Crippen LogP contribution in [-0.2, 0) is 38.0 Å². The highest BCUT2D eigenvalue weighted by molar-refractivity contribution is 7.86. The summed E-state index contributed by atoms with van der Waals surface area (Å²) in [5.74, 6) is -0.687. The first kappa shape index (κ1) is 26.5. The Hall–Kier alpha value is -3.12. The molecule has 200 valence electrons. The zero-order valence-corrected chi connectivity index (χ0v) is 21.7. The summed E-state index contributed by atoms with van der Waals surface area (Å²) in [7, 11) is -2.93. The van der Waals surface area contributed by atoms with Crippen LogP contribution < -0.4 is 0 Å². The maximum atomic E-state index is 13.4. The van der Waals surface area contributed by atoms with Gasteiger partial charge in [0.05, 0.1) is 17.1 Å². The van der Waals surface area contributed by atoms with Gasteiger partial charge in [0.2, 0.25) is 0 Å². The molecule has 0 amide bonds. The molecule has 2 aliphatic rings. The number of ether oxygens (including phenoxy) is 5. The van der Waals surface area contributed by atoms with Crippen molar-refractivity contribution in [2.24, 2.45) is 0 Å². The van der Waals surface area contributed by atoms with Crippen molar-refractivity contribution >= 4 is 16.1 Å². The Morgan fingerprint density at radius 3 is 2.18 bits per heavy atom. The second-order valence-corrected chi connectivity index (χ2v) is 10.6. The lowest BCUT2D eigenvalue weighted by molar-refractivity contribution is -0.353. The molecule has 0 saturated carbocycles. The van der Waals surface area contributed by atoms with Gasteiger partial charge in [-0.15, -0.1) is 0 Å². The third-order valence-corrected chi connectivity index (χ3v) is 7.71. The van der Waals surface area contributed by atoms with Crippen LogP contribution in [0, 0.1) is 6.92 Å². The third-order valence-electron chi connectivity index (χ3n) is 6.39. The molecule has 3 aromatic carbocycles. The fourth-order valence-electron chi connectivity index (χ4n) is 4.42. The van der Waals surface area contributed by atoms with Gasteiger partial charge in [0, 0.05) is 12.7 Å². The van der Waals surface area contributed by atoms with Crippen LogP contribution in [0.3, 0.4) is 0 Å². The quantitative estimate of drug-likeness (QED) is 0.327. The zero-order chi connectivity index (χ0) is 26.7. The van der Waals surface area contributed by atoms with E-state index in [1.54, 1.807) is 42.5 Å². The minimum Gasteiger partial charge on any atom is -0.450 e. The summed E-state index contributed by atoms with van der Waals surface area (Å²) in [4.78, 5) is 13.0. The van der Waals surface area contributed by atoms with Gasteiger partial charge < -0.3 is 23.7 Å². The summed E-state index contributed by atoms with van der Waals surface area (Å²) >= 11 is 0. The van der Waals surface area contributed by atoms with Crippen LogP contribution in [-0.4, -0.2) is 58.8 Å². The number of carbonyl (C=O) groups is 1. The van der Waals surface area contributed by atoms with Crippen molar-refractivity contribution in [3.8, 4) is 0 Å². The molecule has 6 unspecified atom stereocenters. The van der Waals surface area contributed by atoms with Gasteiger partial charge in [-0.05, 0) is 31.2 Å². The smallest absolute Gasteiger partial charge is 0.338 e. The van der Waals surface area contributed by atoms with Crippen LogP contribution >= 0.6 is 0 Å². The van der Waals surface area contributed by atoms with E-state index in [9.17, 15) is 13.2 Å². The van der Waals surface area contributed by atoms with E-state index in [4.69, 9.17) is 27.9 Å².